The van der Waals surface area contributed by atoms with Crippen molar-refractivity contribution in [2.75, 3.05) is 7.11 Å². The lowest BCUT2D eigenvalue weighted by Gasteiger charge is -2.21. The van der Waals surface area contributed by atoms with Gasteiger partial charge in [0, 0.05) is 7.11 Å². The van der Waals surface area contributed by atoms with Gasteiger partial charge in [0.1, 0.15) is 11.4 Å². The van der Waals surface area contributed by atoms with Crippen LogP contribution in [0.4, 0.5) is 0 Å². The summed E-state index contributed by atoms with van der Waals surface area (Å²) >= 11 is 0. The molecule has 0 aliphatic rings. The van der Waals surface area contributed by atoms with Crippen molar-refractivity contribution < 1.29 is 9.84 Å². The molecule has 0 spiro atoms. The number of hydrogen-bond donors (Lipinski definition) is 2. The number of nitrogens with one attached hydrogen (secondary N) is 1. The van der Waals surface area contributed by atoms with Gasteiger partial charge in [-0.2, -0.15) is 4.98 Å². The molecule has 1 heterocycles. The topological polar surface area (TPSA) is 75.2 Å². The average molecular weight is 226 g/mol. The zero-order valence-corrected chi connectivity index (χ0v) is 10.1. The maximum absolute atomic E-state index is 11.7. The van der Waals surface area contributed by atoms with E-state index >= 15 is 0 Å². The van der Waals surface area contributed by atoms with Crippen LogP contribution in [-0.2, 0) is 16.8 Å². The number of nitrogens with zero attached hydrogens (tertiary/aromatic N) is 1. The van der Waals surface area contributed by atoms with Crippen LogP contribution in [0.25, 0.3) is 0 Å². The Kier molecular flexibility index (Phi) is 3.70. The summed E-state index contributed by atoms with van der Waals surface area (Å²) in [6.07, 6.45) is 1.30. The summed E-state index contributed by atoms with van der Waals surface area (Å²) in [4.78, 5) is 18.3. The summed E-state index contributed by atoms with van der Waals surface area (Å²) in [6, 6.07) is 0. The predicted molar refractivity (Wildman–Crippen MR) is 60.6 cm³/mol. The first-order valence-corrected chi connectivity index (χ1v) is 5.30. The molecule has 5 nitrogen and oxygen atoms in total. The van der Waals surface area contributed by atoms with Crippen molar-refractivity contribution in [3.8, 4) is 5.88 Å². The SMILES string of the molecule is CCCc1c(O)nc(C(C)(C)OC)[nH]c1=O. The molecule has 0 saturated carbocycles. The standard InChI is InChI=1S/C11H18N2O3/c1-5-6-7-8(14)12-10(13-9(7)15)11(2,3)16-4/h5-6H2,1-4H3,(H2,12,13,14,15). The largest absolute Gasteiger partial charge is 0.493 e. The van der Waals surface area contributed by atoms with Crippen molar-refractivity contribution in [3.05, 3.63) is 21.7 Å². The van der Waals surface area contributed by atoms with Gasteiger partial charge in [-0.1, -0.05) is 13.3 Å². The minimum Gasteiger partial charge on any atom is -0.493 e. The van der Waals surface area contributed by atoms with Gasteiger partial charge in [0.25, 0.3) is 5.56 Å². The van der Waals surface area contributed by atoms with Gasteiger partial charge in [-0.3, -0.25) is 4.79 Å². The van der Waals surface area contributed by atoms with Gasteiger partial charge in [0.15, 0.2) is 0 Å². The van der Waals surface area contributed by atoms with Crippen LogP contribution >= 0.6 is 0 Å². The summed E-state index contributed by atoms with van der Waals surface area (Å²) in [5, 5.41) is 9.68. The lowest BCUT2D eigenvalue weighted by Crippen LogP contribution is -2.28. The van der Waals surface area contributed by atoms with E-state index in [0.29, 0.717) is 17.8 Å². The lowest BCUT2D eigenvalue weighted by molar-refractivity contribution is 0.0107. The molecule has 0 aliphatic heterocycles. The van der Waals surface area contributed by atoms with E-state index in [-0.39, 0.29) is 11.4 Å². The number of ether oxygens (including phenoxy) is 1. The van der Waals surface area contributed by atoms with Crippen LogP contribution < -0.4 is 5.56 Å². The molecule has 0 atom stereocenters. The Balaban J connectivity index is 3.25. The highest BCUT2D eigenvalue weighted by Crippen LogP contribution is 2.21. The quantitative estimate of drug-likeness (QED) is 0.811. The van der Waals surface area contributed by atoms with Gasteiger partial charge in [-0.15, -0.1) is 0 Å². The number of hydrogen-bond acceptors (Lipinski definition) is 4. The van der Waals surface area contributed by atoms with Crippen molar-refractivity contribution >= 4 is 0 Å². The first-order valence-electron chi connectivity index (χ1n) is 5.30. The Morgan fingerprint density at radius 3 is 2.56 bits per heavy atom. The van der Waals surface area contributed by atoms with Crippen molar-refractivity contribution in [1.82, 2.24) is 9.97 Å². The highest BCUT2D eigenvalue weighted by molar-refractivity contribution is 5.23. The molecule has 0 aromatic carbocycles. The molecule has 0 fully saturated rings. The smallest absolute Gasteiger partial charge is 0.258 e. The van der Waals surface area contributed by atoms with E-state index in [0.717, 1.165) is 6.42 Å². The fourth-order valence-corrected chi connectivity index (χ4v) is 1.34. The third-order valence-electron chi connectivity index (χ3n) is 2.57. The molecule has 0 saturated heterocycles. The second kappa shape index (κ2) is 4.65. The fourth-order valence-electron chi connectivity index (χ4n) is 1.34. The van der Waals surface area contributed by atoms with E-state index in [2.05, 4.69) is 9.97 Å². The van der Waals surface area contributed by atoms with E-state index < -0.39 is 5.60 Å². The number of aromatic nitrogens is 2. The highest BCUT2D eigenvalue weighted by atomic mass is 16.5. The molecule has 1 rings (SSSR count). The van der Waals surface area contributed by atoms with Crippen molar-refractivity contribution in [1.29, 1.82) is 0 Å². The summed E-state index contributed by atoms with van der Waals surface area (Å²) in [5.74, 6) is 0.128. The normalized spacial score (nSPS) is 11.8. The molecule has 90 valence electrons. The molecular formula is C11H18N2O3. The first kappa shape index (κ1) is 12.7. The zero-order valence-electron chi connectivity index (χ0n) is 10.1. The number of aromatic amines is 1. The third kappa shape index (κ3) is 2.41. The number of H-pyrrole nitrogens is 1. The minimum atomic E-state index is -0.721. The molecule has 0 bridgehead atoms. The van der Waals surface area contributed by atoms with Crippen LogP contribution in [0.5, 0.6) is 5.88 Å². The molecule has 1 aromatic heterocycles. The Bertz CT molecular complexity index is 424. The first-order chi connectivity index (χ1) is 7.42. The van der Waals surface area contributed by atoms with E-state index in [9.17, 15) is 9.90 Å². The van der Waals surface area contributed by atoms with Gasteiger partial charge < -0.3 is 14.8 Å². The number of aromatic hydroxyl groups is 1. The Morgan fingerprint density at radius 2 is 2.12 bits per heavy atom. The molecule has 5 heteroatoms. The molecule has 0 unspecified atom stereocenters. The maximum Gasteiger partial charge on any atom is 0.258 e. The molecule has 16 heavy (non-hydrogen) atoms. The number of methoxy groups -OCH3 is 1. The van der Waals surface area contributed by atoms with E-state index in [1.54, 1.807) is 13.8 Å². The predicted octanol–water partition coefficient (Wildman–Crippen LogP) is 1.31. The highest BCUT2D eigenvalue weighted by Gasteiger charge is 2.24. The van der Waals surface area contributed by atoms with Gasteiger partial charge in [0.2, 0.25) is 5.88 Å². The molecule has 0 amide bonds. The van der Waals surface area contributed by atoms with Crippen molar-refractivity contribution in [2.24, 2.45) is 0 Å². The third-order valence-corrected chi connectivity index (χ3v) is 2.57. The van der Waals surface area contributed by atoms with Crippen LogP contribution in [0.3, 0.4) is 0 Å². The fraction of sp³-hybridized carbons (Fsp3) is 0.636. The molecule has 2 N–H and O–H groups in total. The van der Waals surface area contributed by atoms with Crippen molar-refractivity contribution in [2.45, 2.75) is 39.2 Å². The Hall–Kier alpha value is -1.36. The number of rotatable bonds is 4. The Labute approximate surface area is 94.5 Å². The summed E-state index contributed by atoms with van der Waals surface area (Å²) in [7, 11) is 1.52. The second-order valence-electron chi connectivity index (χ2n) is 4.18. The lowest BCUT2D eigenvalue weighted by atomic mass is 10.1. The van der Waals surface area contributed by atoms with Gasteiger partial charge in [-0.25, -0.2) is 0 Å². The van der Waals surface area contributed by atoms with Crippen LogP contribution in [0.1, 0.15) is 38.6 Å². The van der Waals surface area contributed by atoms with Crippen LogP contribution in [0.15, 0.2) is 4.79 Å². The van der Waals surface area contributed by atoms with Crippen LogP contribution in [-0.4, -0.2) is 22.2 Å². The average Bonchev–Trinajstić information content (AvgIpc) is 2.23. The van der Waals surface area contributed by atoms with E-state index in [1.807, 2.05) is 6.92 Å². The minimum absolute atomic E-state index is 0.203. The van der Waals surface area contributed by atoms with E-state index in [4.69, 9.17) is 4.74 Å². The van der Waals surface area contributed by atoms with Crippen LogP contribution in [0, 0.1) is 0 Å². The summed E-state index contributed by atoms with van der Waals surface area (Å²) in [6.45, 7) is 5.47. The van der Waals surface area contributed by atoms with Gasteiger partial charge >= 0.3 is 0 Å². The van der Waals surface area contributed by atoms with E-state index in [1.165, 1.54) is 7.11 Å². The molecule has 1 aromatic rings. The van der Waals surface area contributed by atoms with Gasteiger partial charge in [0.05, 0.1) is 5.56 Å². The Morgan fingerprint density at radius 1 is 1.50 bits per heavy atom. The van der Waals surface area contributed by atoms with Gasteiger partial charge in [-0.05, 0) is 20.3 Å². The summed E-state index contributed by atoms with van der Waals surface area (Å²) < 4.78 is 5.19. The van der Waals surface area contributed by atoms with Crippen molar-refractivity contribution in [3.63, 3.8) is 0 Å². The monoisotopic (exact) mass is 226 g/mol. The second-order valence-corrected chi connectivity index (χ2v) is 4.18. The maximum atomic E-state index is 11.7. The molecular weight excluding hydrogens is 208 g/mol. The van der Waals surface area contributed by atoms with Crippen LogP contribution in [0.2, 0.25) is 0 Å². The summed E-state index contributed by atoms with van der Waals surface area (Å²) in [5.41, 5.74) is -0.686. The molecule has 0 radical (unpaired) electrons. The molecule has 0 aliphatic carbocycles. The zero-order chi connectivity index (χ0) is 12.3.